The number of rotatable bonds is 4. The molecule has 0 amide bonds. The van der Waals surface area contributed by atoms with Gasteiger partial charge in [0, 0.05) is 37.6 Å². The van der Waals surface area contributed by atoms with Crippen LogP contribution in [0.1, 0.15) is 0 Å². The zero-order chi connectivity index (χ0) is 12.1. The molecule has 1 N–H and O–H groups in total. The van der Waals surface area contributed by atoms with E-state index >= 15 is 0 Å². The molecular weight excluding hydrogens is 212 g/mol. The molecular formula is C13H20N4. The van der Waals surface area contributed by atoms with Gasteiger partial charge in [0.15, 0.2) is 0 Å². The number of nitrogens with zero attached hydrogens (tertiary/aromatic N) is 3. The Labute approximate surface area is 103 Å². The Balaban J connectivity index is 1.95. The average molecular weight is 232 g/mol. The highest BCUT2D eigenvalue weighted by Crippen LogP contribution is 2.19. The number of nitrogens with one attached hydrogen (secondary N) is 1. The molecule has 4 heteroatoms. The van der Waals surface area contributed by atoms with Crippen LogP contribution in [0.2, 0.25) is 0 Å². The van der Waals surface area contributed by atoms with E-state index in [4.69, 9.17) is 0 Å². The number of hydrogen-bond donors (Lipinski definition) is 1. The molecule has 0 bridgehead atoms. The number of hydrogen-bond acceptors (Lipinski definition) is 4. The Kier molecular flexibility index (Phi) is 3.98. The zero-order valence-electron chi connectivity index (χ0n) is 10.4. The second-order valence-electron chi connectivity index (χ2n) is 4.40. The van der Waals surface area contributed by atoms with Gasteiger partial charge in [-0.05, 0) is 38.0 Å². The highest BCUT2D eigenvalue weighted by atomic mass is 15.2. The zero-order valence-corrected chi connectivity index (χ0v) is 10.4. The summed E-state index contributed by atoms with van der Waals surface area (Å²) in [5.74, 6) is 0. The Morgan fingerprint density at radius 1 is 1.18 bits per heavy atom. The van der Waals surface area contributed by atoms with Crippen LogP contribution in [0.5, 0.6) is 0 Å². The average Bonchev–Trinajstić information content (AvgIpc) is 2.38. The first-order chi connectivity index (χ1) is 8.29. The predicted octanol–water partition coefficient (Wildman–Crippen LogP) is 1.51. The standard InChI is InChI=1S/C13H20N4/c1-14-11-15-12-3-5-13(6-4-12)17-9-7-16(2)8-10-17/h3-6,15H,1,7-11H2,2H3. The summed E-state index contributed by atoms with van der Waals surface area (Å²) in [6.07, 6.45) is 0. The van der Waals surface area contributed by atoms with Crippen molar-refractivity contribution in [2.75, 3.05) is 50.1 Å². The van der Waals surface area contributed by atoms with Crippen LogP contribution in [0.25, 0.3) is 0 Å². The number of piperazine rings is 1. The Morgan fingerprint density at radius 2 is 1.82 bits per heavy atom. The molecule has 2 rings (SSSR count). The van der Waals surface area contributed by atoms with Crippen molar-refractivity contribution in [2.45, 2.75) is 0 Å². The Morgan fingerprint density at radius 3 is 2.41 bits per heavy atom. The molecule has 0 aliphatic carbocycles. The largest absolute Gasteiger partial charge is 0.369 e. The van der Waals surface area contributed by atoms with Crippen LogP contribution in [0.3, 0.4) is 0 Å². The molecule has 0 aromatic heterocycles. The van der Waals surface area contributed by atoms with Crippen molar-refractivity contribution < 1.29 is 0 Å². The van der Waals surface area contributed by atoms with Crippen molar-refractivity contribution >= 4 is 18.1 Å². The first-order valence-electron chi connectivity index (χ1n) is 5.99. The van der Waals surface area contributed by atoms with E-state index in [2.05, 4.69) is 58.1 Å². The molecule has 1 fully saturated rings. The molecule has 1 saturated heterocycles. The molecule has 1 aromatic rings. The van der Waals surface area contributed by atoms with Gasteiger partial charge >= 0.3 is 0 Å². The lowest BCUT2D eigenvalue weighted by Crippen LogP contribution is -2.44. The molecule has 1 aliphatic rings. The maximum absolute atomic E-state index is 3.77. The highest BCUT2D eigenvalue weighted by Gasteiger charge is 2.13. The second-order valence-corrected chi connectivity index (χ2v) is 4.40. The molecule has 0 radical (unpaired) electrons. The number of likely N-dealkylation sites (N-methyl/N-ethyl adjacent to an activating group) is 1. The van der Waals surface area contributed by atoms with Gasteiger partial charge in [0.1, 0.15) is 6.67 Å². The minimum absolute atomic E-state index is 0.563. The predicted molar refractivity (Wildman–Crippen MR) is 74.2 cm³/mol. The van der Waals surface area contributed by atoms with Gasteiger partial charge in [0.25, 0.3) is 0 Å². The second kappa shape index (κ2) is 5.68. The first-order valence-corrected chi connectivity index (χ1v) is 5.99. The monoisotopic (exact) mass is 232 g/mol. The minimum atomic E-state index is 0.563. The van der Waals surface area contributed by atoms with Crippen molar-refractivity contribution in [3.8, 4) is 0 Å². The van der Waals surface area contributed by atoms with Gasteiger partial charge in [0.05, 0.1) is 0 Å². The SMILES string of the molecule is C=NCNc1ccc(N2CCN(C)CC2)cc1. The topological polar surface area (TPSA) is 30.9 Å². The van der Waals surface area contributed by atoms with Crippen molar-refractivity contribution in [3.63, 3.8) is 0 Å². The molecule has 4 nitrogen and oxygen atoms in total. The van der Waals surface area contributed by atoms with Crippen LogP contribution < -0.4 is 10.2 Å². The van der Waals surface area contributed by atoms with Crippen molar-refractivity contribution in [3.05, 3.63) is 24.3 Å². The van der Waals surface area contributed by atoms with E-state index < -0.39 is 0 Å². The molecule has 0 atom stereocenters. The summed E-state index contributed by atoms with van der Waals surface area (Å²) in [7, 11) is 2.17. The third-order valence-electron chi connectivity index (χ3n) is 3.13. The normalized spacial score (nSPS) is 16.9. The van der Waals surface area contributed by atoms with E-state index in [1.54, 1.807) is 0 Å². The van der Waals surface area contributed by atoms with Gasteiger partial charge in [-0.3, -0.25) is 4.99 Å². The fourth-order valence-corrected chi connectivity index (χ4v) is 2.00. The molecule has 1 aliphatic heterocycles. The van der Waals surface area contributed by atoms with E-state index in [1.807, 2.05) is 0 Å². The fraction of sp³-hybridized carbons (Fsp3) is 0.462. The summed E-state index contributed by atoms with van der Waals surface area (Å²) in [4.78, 5) is 8.56. The third-order valence-corrected chi connectivity index (χ3v) is 3.13. The van der Waals surface area contributed by atoms with Gasteiger partial charge in [-0.25, -0.2) is 0 Å². The molecule has 0 unspecified atom stereocenters. The van der Waals surface area contributed by atoms with Gasteiger partial charge < -0.3 is 15.1 Å². The van der Waals surface area contributed by atoms with Crippen molar-refractivity contribution in [1.29, 1.82) is 0 Å². The van der Waals surface area contributed by atoms with E-state index in [9.17, 15) is 0 Å². The summed E-state index contributed by atoms with van der Waals surface area (Å²) >= 11 is 0. The van der Waals surface area contributed by atoms with Crippen molar-refractivity contribution in [2.24, 2.45) is 4.99 Å². The van der Waals surface area contributed by atoms with Gasteiger partial charge in [-0.1, -0.05) is 0 Å². The minimum Gasteiger partial charge on any atom is -0.369 e. The quantitative estimate of drug-likeness (QED) is 0.798. The molecule has 92 valence electrons. The summed E-state index contributed by atoms with van der Waals surface area (Å²) in [5, 5.41) is 3.18. The summed E-state index contributed by atoms with van der Waals surface area (Å²) in [6, 6.07) is 8.52. The van der Waals surface area contributed by atoms with Crippen LogP contribution in [0, 0.1) is 0 Å². The maximum atomic E-state index is 3.77. The summed E-state index contributed by atoms with van der Waals surface area (Å²) in [6.45, 7) is 8.51. The van der Waals surface area contributed by atoms with E-state index in [0.29, 0.717) is 6.67 Å². The van der Waals surface area contributed by atoms with E-state index in [1.165, 1.54) is 5.69 Å². The van der Waals surface area contributed by atoms with E-state index in [-0.39, 0.29) is 0 Å². The fourth-order valence-electron chi connectivity index (χ4n) is 2.00. The lowest BCUT2D eigenvalue weighted by molar-refractivity contribution is 0.313. The third kappa shape index (κ3) is 3.20. The lowest BCUT2D eigenvalue weighted by atomic mass is 10.2. The number of anilines is 2. The van der Waals surface area contributed by atoms with Crippen LogP contribution in [0.15, 0.2) is 29.3 Å². The Hall–Kier alpha value is -1.55. The molecule has 0 saturated carbocycles. The van der Waals surface area contributed by atoms with Gasteiger partial charge in [-0.2, -0.15) is 0 Å². The van der Waals surface area contributed by atoms with Gasteiger partial charge in [0.2, 0.25) is 0 Å². The van der Waals surface area contributed by atoms with Crippen LogP contribution in [-0.4, -0.2) is 51.5 Å². The Bertz CT molecular complexity index is 352. The smallest absolute Gasteiger partial charge is 0.107 e. The van der Waals surface area contributed by atoms with Crippen LogP contribution in [0.4, 0.5) is 11.4 Å². The molecule has 17 heavy (non-hydrogen) atoms. The molecule has 1 heterocycles. The first kappa shape index (κ1) is 11.9. The lowest BCUT2D eigenvalue weighted by Gasteiger charge is -2.34. The maximum Gasteiger partial charge on any atom is 0.107 e. The summed E-state index contributed by atoms with van der Waals surface area (Å²) in [5.41, 5.74) is 2.39. The van der Waals surface area contributed by atoms with Gasteiger partial charge in [-0.15, -0.1) is 0 Å². The van der Waals surface area contributed by atoms with Crippen LogP contribution in [-0.2, 0) is 0 Å². The van der Waals surface area contributed by atoms with Crippen molar-refractivity contribution in [1.82, 2.24) is 4.90 Å². The summed E-state index contributed by atoms with van der Waals surface area (Å²) < 4.78 is 0. The van der Waals surface area contributed by atoms with E-state index in [0.717, 1.165) is 31.9 Å². The van der Waals surface area contributed by atoms with Crippen LogP contribution >= 0.6 is 0 Å². The number of benzene rings is 1. The molecule has 1 aromatic carbocycles. The highest BCUT2D eigenvalue weighted by molar-refractivity contribution is 5.55. The number of aliphatic imine (C=N–C) groups is 1. The molecule has 0 spiro atoms.